The molecule has 0 aromatic heterocycles. The third-order valence-corrected chi connectivity index (χ3v) is 3.42. The number of nitrogens with zero attached hydrogens (tertiary/aromatic N) is 1. The van der Waals surface area contributed by atoms with Crippen LogP contribution in [-0.2, 0) is 6.42 Å². The summed E-state index contributed by atoms with van der Waals surface area (Å²) in [4.78, 5) is 2.19. The normalized spacial score (nSPS) is 16.1. The predicted octanol–water partition coefficient (Wildman–Crippen LogP) is 1.16. The van der Waals surface area contributed by atoms with Gasteiger partial charge in [-0.05, 0) is 37.6 Å². The van der Waals surface area contributed by atoms with E-state index in [2.05, 4.69) is 10.2 Å². The Bertz CT molecular complexity index is 380. The second-order valence-corrected chi connectivity index (χ2v) is 4.47. The lowest BCUT2D eigenvalue weighted by Gasteiger charge is -2.22. The van der Waals surface area contributed by atoms with Crippen LogP contribution in [0.5, 0.6) is 0 Å². The molecule has 1 aromatic rings. The fraction of sp³-hybridized carbons (Fsp3) is 0.538. The van der Waals surface area contributed by atoms with Crippen LogP contribution >= 0.6 is 0 Å². The Balaban J connectivity index is 1.99. The summed E-state index contributed by atoms with van der Waals surface area (Å²) in [5.41, 5.74) is 2.23. The van der Waals surface area contributed by atoms with Crippen molar-refractivity contribution < 1.29 is 9.50 Å². The number of hydrogen-bond donors (Lipinski definition) is 2. The summed E-state index contributed by atoms with van der Waals surface area (Å²) in [6, 6.07) is 5.11. The maximum absolute atomic E-state index is 13.2. The summed E-state index contributed by atoms with van der Waals surface area (Å²) in [7, 11) is 1.85. The maximum Gasteiger partial charge on any atom is 0.125 e. The molecular formula is C13H19FN2O. The van der Waals surface area contributed by atoms with Crippen LogP contribution in [0.4, 0.5) is 10.1 Å². The first-order valence-corrected chi connectivity index (χ1v) is 6.06. The number of aliphatic hydroxyl groups excluding tert-OH is 1. The molecule has 0 fully saturated rings. The third kappa shape index (κ3) is 2.76. The highest BCUT2D eigenvalue weighted by molar-refractivity contribution is 5.58. The van der Waals surface area contributed by atoms with Gasteiger partial charge in [0.05, 0.1) is 6.61 Å². The molecule has 0 saturated heterocycles. The number of benzene rings is 1. The van der Waals surface area contributed by atoms with Crippen molar-refractivity contribution in [3.8, 4) is 0 Å². The van der Waals surface area contributed by atoms with Gasteiger partial charge in [-0.2, -0.15) is 0 Å². The van der Waals surface area contributed by atoms with Crippen LogP contribution in [0, 0.1) is 5.82 Å². The van der Waals surface area contributed by atoms with Crippen LogP contribution in [0.2, 0.25) is 0 Å². The summed E-state index contributed by atoms with van der Waals surface area (Å²) in [5, 5.41) is 12.2. The number of nitrogens with one attached hydrogen (secondary N) is 1. The zero-order valence-corrected chi connectivity index (χ0v) is 10.1. The van der Waals surface area contributed by atoms with Crippen molar-refractivity contribution in [2.45, 2.75) is 18.9 Å². The molecule has 1 aromatic carbocycles. The second-order valence-electron chi connectivity index (χ2n) is 4.47. The van der Waals surface area contributed by atoms with Gasteiger partial charge in [0, 0.05) is 24.8 Å². The zero-order valence-electron chi connectivity index (χ0n) is 10.1. The molecule has 1 atom stereocenters. The Morgan fingerprint density at radius 3 is 3.06 bits per heavy atom. The SMILES string of the molecule is CNC(CO)CCN1CCc2ccc(F)cc21. The first-order chi connectivity index (χ1) is 8.24. The van der Waals surface area contributed by atoms with E-state index in [4.69, 9.17) is 5.11 Å². The number of aliphatic hydroxyl groups is 1. The minimum atomic E-state index is -0.178. The number of halogens is 1. The molecule has 1 unspecified atom stereocenters. The lowest BCUT2D eigenvalue weighted by atomic mass is 10.1. The molecule has 0 amide bonds. The summed E-state index contributed by atoms with van der Waals surface area (Å²) >= 11 is 0. The van der Waals surface area contributed by atoms with Crippen LogP contribution < -0.4 is 10.2 Å². The molecule has 1 aliphatic rings. The fourth-order valence-electron chi connectivity index (χ4n) is 2.29. The first-order valence-electron chi connectivity index (χ1n) is 6.06. The van der Waals surface area contributed by atoms with E-state index in [0.717, 1.165) is 31.6 Å². The van der Waals surface area contributed by atoms with Gasteiger partial charge in [-0.3, -0.25) is 0 Å². The summed E-state index contributed by atoms with van der Waals surface area (Å²) in [5.74, 6) is -0.178. The third-order valence-electron chi connectivity index (χ3n) is 3.42. The smallest absolute Gasteiger partial charge is 0.125 e. The van der Waals surface area contributed by atoms with Crippen molar-refractivity contribution in [2.24, 2.45) is 0 Å². The lowest BCUT2D eigenvalue weighted by molar-refractivity contribution is 0.243. The molecule has 1 heterocycles. The van der Waals surface area contributed by atoms with Crippen LogP contribution in [0.25, 0.3) is 0 Å². The van der Waals surface area contributed by atoms with Crippen molar-refractivity contribution in [2.75, 3.05) is 31.6 Å². The van der Waals surface area contributed by atoms with E-state index in [1.54, 1.807) is 6.07 Å². The molecular weight excluding hydrogens is 219 g/mol. The van der Waals surface area contributed by atoms with Gasteiger partial charge >= 0.3 is 0 Å². The monoisotopic (exact) mass is 238 g/mol. The highest BCUT2D eigenvalue weighted by atomic mass is 19.1. The van der Waals surface area contributed by atoms with Crippen molar-refractivity contribution >= 4 is 5.69 Å². The van der Waals surface area contributed by atoms with Crippen LogP contribution in [0.3, 0.4) is 0 Å². The van der Waals surface area contributed by atoms with Crippen molar-refractivity contribution in [3.05, 3.63) is 29.6 Å². The Morgan fingerprint density at radius 2 is 2.35 bits per heavy atom. The molecule has 0 aliphatic carbocycles. The maximum atomic E-state index is 13.2. The van der Waals surface area contributed by atoms with Gasteiger partial charge in [0.2, 0.25) is 0 Å². The quantitative estimate of drug-likeness (QED) is 0.808. The first kappa shape index (κ1) is 12.3. The van der Waals surface area contributed by atoms with E-state index in [9.17, 15) is 4.39 Å². The Kier molecular flexibility index (Phi) is 3.97. The van der Waals surface area contributed by atoms with Crippen LogP contribution in [-0.4, -0.2) is 37.9 Å². The summed E-state index contributed by atoms with van der Waals surface area (Å²) in [6.07, 6.45) is 1.85. The molecule has 17 heavy (non-hydrogen) atoms. The lowest BCUT2D eigenvalue weighted by Crippen LogP contribution is -2.34. The van der Waals surface area contributed by atoms with Gasteiger partial charge in [0.15, 0.2) is 0 Å². The molecule has 2 rings (SSSR count). The molecule has 3 nitrogen and oxygen atoms in total. The van der Waals surface area contributed by atoms with Gasteiger partial charge < -0.3 is 15.3 Å². The van der Waals surface area contributed by atoms with E-state index < -0.39 is 0 Å². The van der Waals surface area contributed by atoms with E-state index in [0.29, 0.717) is 0 Å². The molecule has 0 spiro atoms. The number of rotatable bonds is 5. The van der Waals surface area contributed by atoms with Gasteiger partial charge in [0.25, 0.3) is 0 Å². The van der Waals surface area contributed by atoms with Gasteiger partial charge in [0.1, 0.15) is 5.82 Å². The molecule has 0 saturated carbocycles. The molecule has 0 bridgehead atoms. The standard InChI is InChI=1S/C13H19FN2O/c1-15-12(9-17)5-7-16-6-4-10-2-3-11(14)8-13(10)16/h2-3,8,12,15,17H,4-7,9H2,1H3. The zero-order chi connectivity index (χ0) is 12.3. The van der Waals surface area contributed by atoms with Gasteiger partial charge in [-0.15, -0.1) is 0 Å². The Hall–Kier alpha value is -1.13. The fourth-order valence-corrected chi connectivity index (χ4v) is 2.29. The van der Waals surface area contributed by atoms with E-state index in [1.165, 1.54) is 11.6 Å². The highest BCUT2D eigenvalue weighted by Gasteiger charge is 2.19. The van der Waals surface area contributed by atoms with Crippen molar-refractivity contribution in [1.82, 2.24) is 5.32 Å². The number of anilines is 1. The van der Waals surface area contributed by atoms with Gasteiger partial charge in [-0.25, -0.2) is 4.39 Å². The molecule has 94 valence electrons. The van der Waals surface area contributed by atoms with E-state index >= 15 is 0 Å². The number of fused-ring (bicyclic) bond motifs is 1. The average molecular weight is 238 g/mol. The minimum Gasteiger partial charge on any atom is -0.395 e. The Labute approximate surface area is 101 Å². The average Bonchev–Trinajstić information content (AvgIpc) is 2.73. The Morgan fingerprint density at radius 1 is 1.53 bits per heavy atom. The van der Waals surface area contributed by atoms with Crippen LogP contribution in [0.15, 0.2) is 18.2 Å². The number of likely N-dealkylation sites (N-methyl/N-ethyl adjacent to an activating group) is 1. The summed E-state index contributed by atoms with van der Waals surface area (Å²) < 4.78 is 13.2. The van der Waals surface area contributed by atoms with Crippen molar-refractivity contribution in [3.63, 3.8) is 0 Å². The molecule has 0 radical (unpaired) electrons. The van der Waals surface area contributed by atoms with Gasteiger partial charge in [-0.1, -0.05) is 6.07 Å². The topological polar surface area (TPSA) is 35.5 Å². The largest absolute Gasteiger partial charge is 0.395 e. The van der Waals surface area contributed by atoms with Crippen LogP contribution in [0.1, 0.15) is 12.0 Å². The molecule has 1 aliphatic heterocycles. The highest BCUT2D eigenvalue weighted by Crippen LogP contribution is 2.28. The number of hydrogen-bond acceptors (Lipinski definition) is 3. The van der Waals surface area contributed by atoms with E-state index in [1.807, 2.05) is 13.1 Å². The molecule has 4 heteroatoms. The second kappa shape index (κ2) is 5.47. The molecule has 2 N–H and O–H groups in total. The van der Waals surface area contributed by atoms with Crippen molar-refractivity contribution in [1.29, 1.82) is 0 Å². The summed E-state index contributed by atoms with van der Waals surface area (Å²) in [6.45, 7) is 1.93. The minimum absolute atomic E-state index is 0.118. The van der Waals surface area contributed by atoms with E-state index in [-0.39, 0.29) is 18.5 Å². The predicted molar refractivity (Wildman–Crippen MR) is 66.9 cm³/mol.